The molecule has 188 valence electrons. The molecule has 1 saturated carbocycles. The summed E-state index contributed by atoms with van der Waals surface area (Å²) in [7, 11) is 0. The molecule has 1 amide bonds. The average Bonchev–Trinajstić information content (AvgIpc) is 3.74. The van der Waals surface area contributed by atoms with Gasteiger partial charge in [-0.1, -0.05) is 12.1 Å². The monoisotopic (exact) mass is 494 g/mol. The molecule has 0 bridgehead atoms. The first-order valence-corrected chi connectivity index (χ1v) is 12.1. The molecule has 2 aromatic carbocycles. The van der Waals surface area contributed by atoms with E-state index in [1.54, 1.807) is 0 Å². The summed E-state index contributed by atoms with van der Waals surface area (Å²) in [6.07, 6.45) is 4.93. The predicted octanol–water partition coefficient (Wildman–Crippen LogP) is 4.74. The highest BCUT2D eigenvalue weighted by Crippen LogP contribution is 2.32. The fraction of sp³-hybridized carbons (Fsp3) is 0.385. The van der Waals surface area contributed by atoms with Gasteiger partial charge in [0.05, 0.1) is 12.7 Å². The van der Waals surface area contributed by atoms with Crippen LogP contribution >= 0.6 is 0 Å². The molecule has 0 unspecified atom stereocenters. The van der Waals surface area contributed by atoms with Crippen LogP contribution in [0.1, 0.15) is 36.8 Å². The molecule has 2 aliphatic rings. The van der Waals surface area contributed by atoms with Gasteiger partial charge in [0.2, 0.25) is 17.8 Å². The summed E-state index contributed by atoms with van der Waals surface area (Å²) in [6.45, 7) is 3.58. The molecule has 2 heterocycles. The number of nitrogens with one attached hydrogen (secondary N) is 2. The van der Waals surface area contributed by atoms with Gasteiger partial charge < -0.3 is 20.3 Å². The fourth-order valence-corrected chi connectivity index (χ4v) is 4.17. The number of anilines is 4. The van der Waals surface area contributed by atoms with Crippen LogP contribution in [0.2, 0.25) is 0 Å². The van der Waals surface area contributed by atoms with Crippen LogP contribution in [0.25, 0.3) is 0 Å². The van der Waals surface area contributed by atoms with E-state index in [2.05, 4.69) is 30.5 Å². The van der Waals surface area contributed by atoms with Crippen LogP contribution in [0.15, 0.2) is 42.7 Å². The molecule has 1 aliphatic carbocycles. The third-order valence-electron chi connectivity index (χ3n) is 6.54. The molecule has 0 radical (unpaired) electrons. The quantitative estimate of drug-likeness (QED) is 0.468. The zero-order valence-electron chi connectivity index (χ0n) is 20.0. The third-order valence-corrected chi connectivity index (χ3v) is 6.54. The Morgan fingerprint density at radius 2 is 1.83 bits per heavy atom. The lowest BCUT2D eigenvalue weighted by Crippen LogP contribution is -2.38. The Bertz CT molecular complexity index is 1240. The lowest BCUT2D eigenvalue weighted by Gasteiger charge is -2.32. The molecule has 8 nitrogen and oxygen atoms in total. The van der Waals surface area contributed by atoms with Gasteiger partial charge in [-0.15, -0.1) is 0 Å². The van der Waals surface area contributed by atoms with Crippen molar-refractivity contribution in [1.29, 1.82) is 0 Å². The second-order valence-corrected chi connectivity index (χ2v) is 9.22. The summed E-state index contributed by atoms with van der Waals surface area (Å²) in [5.74, 6) is -0.535. The van der Waals surface area contributed by atoms with E-state index in [1.807, 2.05) is 25.1 Å². The van der Waals surface area contributed by atoms with E-state index >= 15 is 0 Å². The van der Waals surface area contributed by atoms with Crippen molar-refractivity contribution >= 4 is 29.2 Å². The molecule has 0 spiro atoms. The van der Waals surface area contributed by atoms with Crippen molar-refractivity contribution in [1.82, 2.24) is 15.0 Å². The van der Waals surface area contributed by atoms with Crippen LogP contribution < -0.4 is 15.5 Å². The van der Waals surface area contributed by atoms with E-state index < -0.39 is 11.6 Å². The summed E-state index contributed by atoms with van der Waals surface area (Å²) in [6, 6.07) is 9.50. The first-order valence-electron chi connectivity index (χ1n) is 12.1. The van der Waals surface area contributed by atoms with Crippen molar-refractivity contribution in [3.63, 3.8) is 0 Å². The third kappa shape index (κ3) is 5.76. The minimum Gasteiger partial charge on any atom is -0.373 e. The number of benzene rings is 2. The number of aromatic nitrogens is 3. The Morgan fingerprint density at radius 3 is 2.58 bits per heavy atom. The molecule has 2 fully saturated rings. The van der Waals surface area contributed by atoms with Gasteiger partial charge in [0.25, 0.3) is 0 Å². The first-order chi connectivity index (χ1) is 17.5. The number of nitrogens with zero attached hydrogens (tertiary/aromatic N) is 4. The van der Waals surface area contributed by atoms with E-state index in [1.165, 1.54) is 18.5 Å². The van der Waals surface area contributed by atoms with Gasteiger partial charge in [0.1, 0.15) is 6.33 Å². The second-order valence-electron chi connectivity index (χ2n) is 9.22. The first kappa shape index (κ1) is 24.1. The van der Waals surface area contributed by atoms with Crippen LogP contribution in [0.3, 0.4) is 0 Å². The molecule has 2 N–H and O–H groups in total. The van der Waals surface area contributed by atoms with E-state index in [4.69, 9.17) is 4.74 Å². The summed E-state index contributed by atoms with van der Waals surface area (Å²) in [4.78, 5) is 27.4. The van der Waals surface area contributed by atoms with Crippen LogP contribution in [-0.2, 0) is 16.1 Å². The molecular weight excluding hydrogens is 466 g/mol. The molecule has 5 rings (SSSR count). The van der Waals surface area contributed by atoms with Gasteiger partial charge in [-0.2, -0.15) is 4.98 Å². The number of hydrogen-bond donors (Lipinski definition) is 2. The minimum absolute atomic E-state index is 0.0186. The summed E-state index contributed by atoms with van der Waals surface area (Å²) < 4.78 is 32.4. The van der Waals surface area contributed by atoms with Crippen molar-refractivity contribution < 1.29 is 18.3 Å². The number of ether oxygens (including phenoxy) is 1. The lowest BCUT2D eigenvalue weighted by atomic mass is 10.1. The molecule has 0 atom stereocenters. The predicted molar refractivity (Wildman–Crippen MR) is 132 cm³/mol. The van der Waals surface area contributed by atoms with Gasteiger partial charge in [-0.3, -0.25) is 4.79 Å². The Kier molecular flexibility index (Phi) is 7.04. The highest BCUT2D eigenvalue weighted by atomic mass is 19.2. The Morgan fingerprint density at radius 1 is 1.06 bits per heavy atom. The molecular formula is C26H28F2N6O2. The van der Waals surface area contributed by atoms with E-state index in [-0.39, 0.29) is 24.5 Å². The number of hydrogen-bond acceptors (Lipinski definition) is 7. The number of carbonyl (C=O) groups excluding carboxylic acids is 1. The molecule has 3 aromatic rings. The van der Waals surface area contributed by atoms with Gasteiger partial charge in [0, 0.05) is 30.4 Å². The number of rotatable bonds is 8. The molecule has 1 saturated heterocycles. The maximum absolute atomic E-state index is 13.4. The van der Waals surface area contributed by atoms with Gasteiger partial charge in [-0.05, 0) is 68.0 Å². The van der Waals surface area contributed by atoms with Crippen LogP contribution in [0.4, 0.5) is 32.1 Å². The van der Waals surface area contributed by atoms with Crippen LogP contribution in [0.5, 0.6) is 0 Å². The zero-order chi connectivity index (χ0) is 25.1. The average molecular weight is 495 g/mol. The van der Waals surface area contributed by atoms with E-state index in [0.29, 0.717) is 30.5 Å². The van der Waals surface area contributed by atoms with Crippen molar-refractivity contribution in [2.45, 2.75) is 45.3 Å². The molecule has 1 aromatic heterocycles. The van der Waals surface area contributed by atoms with Gasteiger partial charge in [0.15, 0.2) is 11.6 Å². The Hall–Kier alpha value is -3.66. The number of carbonyl (C=O) groups is 1. The van der Waals surface area contributed by atoms with Crippen molar-refractivity contribution in [3.05, 3.63) is 65.5 Å². The summed E-state index contributed by atoms with van der Waals surface area (Å²) in [5.41, 5.74) is 3.10. The van der Waals surface area contributed by atoms with Crippen LogP contribution in [0, 0.1) is 24.5 Å². The van der Waals surface area contributed by atoms with Crippen molar-refractivity contribution in [2.24, 2.45) is 5.92 Å². The van der Waals surface area contributed by atoms with E-state index in [0.717, 1.165) is 48.7 Å². The zero-order valence-corrected chi connectivity index (χ0v) is 20.0. The van der Waals surface area contributed by atoms with E-state index in [9.17, 15) is 13.6 Å². The summed E-state index contributed by atoms with van der Waals surface area (Å²) >= 11 is 0. The molecule has 1 aliphatic heterocycles. The van der Waals surface area contributed by atoms with Crippen molar-refractivity contribution in [2.75, 3.05) is 28.6 Å². The fourth-order valence-electron chi connectivity index (χ4n) is 4.17. The molecule has 36 heavy (non-hydrogen) atoms. The number of piperidine rings is 1. The standard InChI is InChI=1S/C26H28F2N6O2/c1-16-22(31-24(35)18-6-7-18)3-2-4-23(16)32-25-29-15-30-26(33-25)34-11-9-19(10-12-34)36-14-17-5-8-20(27)21(28)13-17/h2-5,8,13,15,18-19H,6-7,9-12,14H2,1H3,(H,31,35)(H,29,30,32,33). The smallest absolute Gasteiger partial charge is 0.232 e. The Balaban J connectivity index is 1.17. The van der Waals surface area contributed by atoms with Gasteiger partial charge in [-0.25, -0.2) is 18.7 Å². The highest BCUT2D eigenvalue weighted by molar-refractivity contribution is 5.95. The number of amides is 1. The van der Waals surface area contributed by atoms with Gasteiger partial charge >= 0.3 is 0 Å². The Labute approximate surface area is 208 Å². The largest absolute Gasteiger partial charge is 0.373 e. The second kappa shape index (κ2) is 10.5. The normalized spacial score (nSPS) is 16.1. The highest BCUT2D eigenvalue weighted by Gasteiger charge is 2.30. The SMILES string of the molecule is Cc1c(NC(=O)C2CC2)cccc1Nc1ncnc(N2CCC(OCc3ccc(F)c(F)c3)CC2)n1. The number of halogens is 2. The topological polar surface area (TPSA) is 92.3 Å². The lowest BCUT2D eigenvalue weighted by molar-refractivity contribution is -0.117. The summed E-state index contributed by atoms with van der Waals surface area (Å²) in [5, 5.41) is 6.25. The molecule has 10 heteroatoms. The van der Waals surface area contributed by atoms with Crippen LogP contribution in [-0.4, -0.2) is 40.1 Å². The van der Waals surface area contributed by atoms with Crippen molar-refractivity contribution in [3.8, 4) is 0 Å². The minimum atomic E-state index is -0.866. The maximum atomic E-state index is 13.4. The maximum Gasteiger partial charge on any atom is 0.232 e.